The van der Waals surface area contributed by atoms with Gasteiger partial charge in [-0.15, -0.1) is 0 Å². The van der Waals surface area contributed by atoms with Gasteiger partial charge in [0.2, 0.25) is 11.6 Å². The van der Waals surface area contributed by atoms with E-state index < -0.39 is 35.4 Å². The molecular weight excluding hydrogens is 352 g/mol. The average molecular weight is 376 g/mol. The molecule has 0 aromatic heterocycles. The molecule has 0 heterocycles. The molecule has 0 atom stereocenters. The number of aliphatic carboxylic acids is 1. The molecular formula is C16H24O10. The summed E-state index contributed by atoms with van der Waals surface area (Å²) in [6.07, 6.45) is -0.866. The van der Waals surface area contributed by atoms with Crippen LogP contribution < -0.4 is 0 Å². The number of carboxylic acid groups (broad SMARTS) is 1. The van der Waals surface area contributed by atoms with Crippen molar-refractivity contribution in [3.05, 3.63) is 0 Å². The van der Waals surface area contributed by atoms with E-state index in [1.807, 2.05) is 0 Å². The summed E-state index contributed by atoms with van der Waals surface area (Å²) in [4.78, 5) is 63.8. The summed E-state index contributed by atoms with van der Waals surface area (Å²) in [7, 11) is 0. The van der Waals surface area contributed by atoms with Crippen molar-refractivity contribution in [2.75, 3.05) is 19.8 Å². The summed E-state index contributed by atoms with van der Waals surface area (Å²) in [6.45, 7) is 5.40. The summed E-state index contributed by atoms with van der Waals surface area (Å²) in [5, 5.41) is 8.17. The molecule has 0 aliphatic carbocycles. The molecule has 148 valence electrons. The number of hydrogen-bond acceptors (Lipinski definition) is 9. The zero-order valence-corrected chi connectivity index (χ0v) is 15.1. The molecule has 1 N–H and O–H groups in total. The molecule has 0 radical (unpaired) electrons. The van der Waals surface area contributed by atoms with Crippen molar-refractivity contribution in [1.82, 2.24) is 0 Å². The first-order chi connectivity index (χ1) is 12.2. The van der Waals surface area contributed by atoms with Gasteiger partial charge < -0.3 is 19.3 Å². The van der Waals surface area contributed by atoms with Gasteiger partial charge in [-0.1, -0.05) is 0 Å². The quantitative estimate of drug-likeness (QED) is 0.306. The van der Waals surface area contributed by atoms with Gasteiger partial charge in [-0.2, -0.15) is 0 Å². The average Bonchev–Trinajstić information content (AvgIpc) is 2.58. The predicted octanol–water partition coefficient (Wildman–Crippen LogP) is 0.445. The molecule has 0 fully saturated rings. The van der Waals surface area contributed by atoms with E-state index in [0.717, 1.165) is 0 Å². The highest BCUT2D eigenvalue weighted by Gasteiger charge is 2.16. The highest BCUT2D eigenvalue weighted by molar-refractivity contribution is 6.34. The molecule has 0 saturated carbocycles. The number of carbonyl (C=O) groups is 6. The first kappa shape index (κ1) is 25.5. The minimum absolute atomic E-state index is 0.0779. The zero-order valence-electron chi connectivity index (χ0n) is 15.1. The lowest BCUT2D eigenvalue weighted by molar-refractivity contribution is -0.154. The van der Waals surface area contributed by atoms with E-state index in [9.17, 15) is 28.8 Å². The minimum atomic E-state index is -1.10. The number of Topliss-reactive ketones (excluding diaryl/α,β-unsaturated/α-hetero) is 2. The molecule has 10 heteroatoms. The summed E-state index contributed by atoms with van der Waals surface area (Å²) < 4.78 is 13.4. The summed E-state index contributed by atoms with van der Waals surface area (Å²) >= 11 is 0. The van der Waals surface area contributed by atoms with E-state index in [-0.39, 0.29) is 45.5 Å². The van der Waals surface area contributed by atoms with E-state index in [0.29, 0.717) is 0 Å². The molecule has 0 amide bonds. The van der Waals surface area contributed by atoms with Crippen LogP contribution in [0, 0.1) is 0 Å². The number of ketones is 2. The van der Waals surface area contributed by atoms with Gasteiger partial charge in [-0.3, -0.25) is 19.2 Å². The van der Waals surface area contributed by atoms with Crippen molar-refractivity contribution in [2.24, 2.45) is 0 Å². The maximum Gasteiger partial charge on any atom is 0.374 e. The normalized spacial score (nSPS) is 9.19. The summed E-state index contributed by atoms with van der Waals surface area (Å²) in [6, 6.07) is 0. The van der Waals surface area contributed by atoms with E-state index in [2.05, 4.69) is 14.2 Å². The lowest BCUT2D eigenvalue weighted by Crippen LogP contribution is -2.18. The van der Waals surface area contributed by atoms with E-state index >= 15 is 0 Å². The van der Waals surface area contributed by atoms with Crippen LogP contribution in [-0.2, 0) is 43.0 Å². The number of esters is 3. The molecule has 10 nitrogen and oxygen atoms in total. The lowest BCUT2D eigenvalue weighted by Gasteiger charge is -2.01. The van der Waals surface area contributed by atoms with E-state index in [1.165, 1.54) is 0 Å². The molecule has 0 unspecified atom stereocenters. The highest BCUT2D eigenvalue weighted by atomic mass is 16.5. The molecule has 0 spiro atoms. The van der Waals surface area contributed by atoms with Crippen LogP contribution >= 0.6 is 0 Å². The SMILES string of the molecule is CCOC(=O)C(=O)CCC(=O)O.CCOC(=O)CCC(=O)C(=O)OCC. The smallest absolute Gasteiger partial charge is 0.374 e. The van der Waals surface area contributed by atoms with Crippen molar-refractivity contribution < 1.29 is 48.1 Å². The number of carbonyl (C=O) groups excluding carboxylic acids is 5. The fraction of sp³-hybridized carbons (Fsp3) is 0.625. The van der Waals surface area contributed by atoms with Crippen LogP contribution in [0.1, 0.15) is 46.5 Å². The van der Waals surface area contributed by atoms with Crippen LogP contribution in [0.5, 0.6) is 0 Å². The zero-order chi connectivity index (χ0) is 20.5. The van der Waals surface area contributed by atoms with Gasteiger partial charge in [0.1, 0.15) is 0 Å². The predicted molar refractivity (Wildman–Crippen MR) is 86.0 cm³/mol. The van der Waals surface area contributed by atoms with Crippen LogP contribution in [0.2, 0.25) is 0 Å². The maximum atomic E-state index is 11.0. The van der Waals surface area contributed by atoms with Gasteiger partial charge in [0, 0.05) is 12.8 Å². The molecule has 0 saturated heterocycles. The fourth-order valence-electron chi connectivity index (χ4n) is 1.30. The third kappa shape index (κ3) is 14.8. The van der Waals surface area contributed by atoms with Gasteiger partial charge in [0.05, 0.1) is 32.7 Å². The highest BCUT2D eigenvalue weighted by Crippen LogP contribution is 1.96. The Morgan fingerprint density at radius 1 is 0.615 bits per heavy atom. The third-order valence-electron chi connectivity index (χ3n) is 2.43. The second-order valence-corrected chi connectivity index (χ2v) is 4.49. The Bertz CT molecular complexity index is 509. The Labute approximate surface area is 150 Å². The summed E-state index contributed by atoms with van der Waals surface area (Å²) in [5.74, 6) is -4.92. The van der Waals surface area contributed by atoms with E-state index in [4.69, 9.17) is 5.11 Å². The molecule has 0 aromatic rings. The summed E-state index contributed by atoms with van der Waals surface area (Å²) in [5.41, 5.74) is 0. The van der Waals surface area contributed by atoms with Crippen LogP contribution in [0.25, 0.3) is 0 Å². The maximum absolute atomic E-state index is 11.0. The van der Waals surface area contributed by atoms with Crippen LogP contribution in [0.15, 0.2) is 0 Å². The molecule has 26 heavy (non-hydrogen) atoms. The number of ether oxygens (including phenoxy) is 3. The third-order valence-corrected chi connectivity index (χ3v) is 2.43. The standard InChI is InChI=1S/C9H14O5.C7H10O5/c1-3-13-8(11)6-5-7(10)9(12)14-4-2;1-2-12-7(11)5(8)3-4-6(9)10/h3-6H2,1-2H3;2-4H2,1H3,(H,9,10). The topological polar surface area (TPSA) is 150 Å². The van der Waals surface area contributed by atoms with Crippen molar-refractivity contribution in [2.45, 2.75) is 46.5 Å². The van der Waals surface area contributed by atoms with Gasteiger partial charge in [-0.05, 0) is 20.8 Å². The van der Waals surface area contributed by atoms with Crippen molar-refractivity contribution in [3.8, 4) is 0 Å². The Morgan fingerprint density at radius 2 is 1.00 bits per heavy atom. The van der Waals surface area contributed by atoms with Crippen molar-refractivity contribution >= 4 is 35.4 Å². The number of carboxylic acids is 1. The second-order valence-electron chi connectivity index (χ2n) is 4.49. The Hall–Kier alpha value is -2.78. The lowest BCUT2D eigenvalue weighted by atomic mass is 10.2. The van der Waals surface area contributed by atoms with Gasteiger partial charge >= 0.3 is 23.9 Å². The Morgan fingerprint density at radius 3 is 1.35 bits per heavy atom. The van der Waals surface area contributed by atoms with Crippen LogP contribution in [0.4, 0.5) is 0 Å². The first-order valence-electron chi connectivity index (χ1n) is 7.96. The first-order valence-corrected chi connectivity index (χ1v) is 7.96. The Balaban J connectivity index is 0. The van der Waals surface area contributed by atoms with Crippen molar-refractivity contribution in [3.63, 3.8) is 0 Å². The van der Waals surface area contributed by atoms with Crippen LogP contribution in [-0.4, -0.2) is 60.4 Å². The van der Waals surface area contributed by atoms with Crippen LogP contribution in [0.3, 0.4) is 0 Å². The number of rotatable bonds is 11. The fourth-order valence-corrected chi connectivity index (χ4v) is 1.30. The molecule has 0 bridgehead atoms. The molecule has 0 aliphatic rings. The second kappa shape index (κ2) is 15.7. The number of hydrogen-bond donors (Lipinski definition) is 1. The van der Waals surface area contributed by atoms with Gasteiger partial charge in [0.15, 0.2) is 0 Å². The van der Waals surface area contributed by atoms with Crippen molar-refractivity contribution in [1.29, 1.82) is 0 Å². The molecule has 0 rings (SSSR count). The minimum Gasteiger partial charge on any atom is -0.481 e. The monoisotopic (exact) mass is 376 g/mol. The van der Waals surface area contributed by atoms with Gasteiger partial charge in [0.25, 0.3) is 0 Å². The largest absolute Gasteiger partial charge is 0.481 e. The molecule has 0 aromatic carbocycles. The Kier molecular flexibility index (Phi) is 15.4. The van der Waals surface area contributed by atoms with E-state index in [1.54, 1.807) is 20.8 Å². The van der Waals surface area contributed by atoms with Gasteiger partial charge in [-0.25, -0.2) is 9.59 Å². The molecule has 0 aliphatic heterocycles.